The fourth-order valence-electron chi connectivity index (χ4n) is 3.31. The molecular formula is C17H24N4O3. The van der Waals surface area contributed by atoms with Crippen molar-refractivity contribution in [3.63, 3.8) is 0 Å². The van der Waals surface area contributed by atoms with Crippen molar-refractivity contribution in [2.75, 3.05) is 39.4 Å². The third-order valence-electron chi connectivity index (χ3n) is 4.68. The molecule has 130 valence electrons. The van der Waals surface area contributed by atoms with Crippen molar-refractivity contribution in [1.29, 1.82) is 0 Å². The molecule has 0 N–H and O–H groups in total. The zero-order chi connectivity index (χ0) is 16.9. The molecule has 7 nitrogen and oxygen atoms in total. The van der Waals surface area contributed by atoms with E-state index < -0.39 is 0 Å². The van der Waals surface area contributed by atoms with Crippen molar-refractivity contribution in [1.82, 2.24) is 19.8 Å². The topological polar surface area (TPSA) is 75.6 Å². The highest BCUT2D eigenvalue weighted by molar-refractivity contribution is 5.92. The molecule has 0 bridgehead atoms. The number of carbonyl (C=O) groups excluding carboxylic acids is 2. The summed E-state index contributed by atoms with van der Waals surface area (Å²) in [5.74, 6) is 0.466. The number of amides is 2. The summed E-state index contributed by atoms with van der Waals surface area (Å²) in [6.07, 6.45) is 6.19. The first-order chi connectivity index (χ1) is 11.6. The van der Waals surface area contributed by atoms with Crippen LogP contribution < -0.4 is 0 Å². The first kappa shape index (κ1) is 16.8. The number of ether oxygens (including phenoxy) is 1. The summed E-state index contributed by atoms with van der Waals surface area (Å²) >= 11 is 0. The van der Waals surface area contributed by atoms with Crippen molar-refractivity contribution in [2.24, 2.45) is 5.92 Å². The third kappa shape index (κ3) is 4.08. The molecule has 2 amide bonds. The molecule has 2 saturated heterocycles. The quantitative estimate of drug-likeness (QED) is 0.816. The van der Waals surface area contributed by atoms with Gasteiger partial charge in [-0.15, -0.1) is 0 Å². The van der Waals surface area contributed by atoms with Crippen LogP contribution in [0.5, 0.6) is 0 Å². The number of likely N-dealkylation sites (tertiary alicyclic amines) is 1. The number of piperidine rings is 1. The van der Waals surface area contributed by atoms with Gasteiger partial charge in [0.25, 0.3) is 5.91 Å². The summed E-state index contributed by atoms with van der Waals surface area (Å²) in [5, 5.41) is 0. The van der Waals surface area contributed by atoms with Crippen LogP contribution in [0.1, 0.15) is 35.9 Å². The second-order valence-electron chi connectivity index (χ2n) is 6.47. The van der Waals surface area contributed by atoms with Gasteiger partial charge in [-0.1, -0.05) is 0 Å². The number of nitrogens with zero attached hydrogens (tertiary/aromatic N) is 4. The van der Waals surface area contributed by atoms with Crippen LogP contribution in [-0.2, 0) is 16.0 Å². The van der Waals surface area contributed by atoms with E-state index in [1.54, 1.807) is 24.2 Å². The molecule has 0 aromatic carbocycles. The lowest BCUT2D eigenvalue weighted by Crippen LogP contribution is -2.41. The molecule has 3 rings (SSSR count). The Morgan fingerprint density at radius 3 is 2.62 bits per heavy atom. The number of carbonyl (C=O) groups is 2. The van der Waals surface area contributed by atoms with Gasteiger partial charge in [-0.2, -0.15) is 0 Å². The lowest BCUT2D eigenvalue weighted by Gasteiger charge is -2.31. The van der Waals surface area contributed by atoms with Crippen molar-refractivity contribution in [2.45, 2.75) is 26.2 Å². The van der Waals surface area contributed by atoms with Gasteiger partial charge in [-0.05, 0) is 25.2 Å². The van der Waals surface area contributed by atoms with E-state index in [1.807, 2.05) is 4.90 Å². The maximum atomic E-state index is 12.3. The maximum absolute atomic E-state index is 12.3. The van der Waals surface area contributed by atoms with Crippen LogP contribution in [0.25, 0.3) is 0 Å². The SMILES string of the molecule is CC(=O)N1CCC[C@@H](Cc2cnc(C(=O)N3CCOCC3)cn2)C1. The second-order valence-corrected chi connectivity index (χ2v) is 6.47. The van der Waals surface area contributed by atoms with Gasteiger partial charge >= 0.3 is 0 Å². The Labute approximate surface area is 142 Å². The molecule has 7 heteroatoms. The molecule has 0 saturated carbocycles. The normalized spacial score (nSPS) is 21.6. The average molecular weight is 332 g/mol. The smallest absolute Gasteiger partial charge is 0.274 e. The monoisotopic (exact) mass is 332 g/mol. The van der Waals surface area contributed by atoms with E-state index in [0.717, 1.165) is 38.0 Å². The van der Waals surface area contributed by atoms with Crippen LogP contribution in [0.4, 0.5) is 0 Å². The minimum absolute atomic E-state index is 0.0854. The molecular weight excluding hydrogens is 308 g/mol. The summed E-state index contributed by atoms with van der Waals surface area (Å²) in [6.45, 7) is 5.61. The minimum Gasteiger partial charge on any atom is -0.378 e. The maximum Gasteiger partial charge on any atom is 0.274 e. The van der Waals surface area contributed by atoms with Crippen LogP contribution in [0.3, 0.4) is 0 Å². The summed E-state index contributed by atoms with van der Waals surface area (Å²) in [7, 11) is 0. The van der Waals surface area contributed by atoms with Gasteiger partial charge in [-0.3, -0.25) is 14.6 Å². The fraction of sp³-hybridized carbons (Fsp3) is 0.647. The summed E-state index contributed by atoms with van der Waals surface area (Å²) in [6, 6.07) is 0. The first-order valence-electron chi connectivity index (χ1n) is 8.57. The highest BCUT2D eigenvalue weighted by atomic mass is 16.5. The lowest BCUT2D eigenvalue weighted by atomic mass is 9.93. The van der Waals surface area contributed by atoms with E-state index in [-0.39, 0.29) is 11.8 Å². The zero-order valence-corrected chi connectivity index (χ0v) is 14.1. The number of aromatic nitrogens is 2. The molecule has 0 unspecified atom stereocenters. The molecule has 0 radical (unpaired) electrons. The lowest BCUT2D eigenvalue weighted by molar-refractivity contribution is -0.130. The third-order valence-corrected chi connectivity index (χ3v) is 4.68. The minimum atomic E-state index is -0.0854. The van der Waals surface area contributed by atoms with E-state index in [2.05, 4.69) is 9.97 Å². The number of morpholine rings is 1. The number of hydrogen-bond donors (Lipinski definition) is 0. The molecule has 3 heterocycles. The molecule has 1 aromatic rings. The number of rotatable bonds is 3. The molecule has 24 heavy (non-hydrogen) atoms. The molecule has 1 atom stereocenters. The van der Waals surface area contributed by atoms with Gasteiger partial charge in [-0.25, -0.2) is 4.98 Å². The highest BCUT2D eigenvalue weighted by Crippen LogP contribution is 2.20. The molecule has 2 aliphatic rings. The highest BCUT2D eigenvalue weighted by Gasteiger charge is 2.23. The molecule has 0 aliphatic carbocycles. The van der Waals surface area contributed by atoms with E-state index in [9.17, 15) is 9.59 Å². The Hall–Kier alpha value is -2.02. The Morgan fingerprint density at radius 2 is 1.96 bits per heavy atom. The van der Waals surface area contributed by atoms with Gasteiger partial charge in [0.05, 0.1) is 25.1 Å². The van der Waals surface area contributed by atoms with Crippen molar-refractivity contribution in [3.05, 3.63) is 23.8 Å². The second kappa shape index (κ2) is 7.70. The van der Waals surface area contributed by atoms with Gasteiger partial charge in [0.15, 0.2) is 0 Å². The van der Waals surface area contributed by atoms with Crippen LogP contribution in [-0.4, -0.2) is 71.0 Å². The van der Waals surface area contributed by atoms with Gasteiger partial charge < -0.3 is 14.5 Å². The molecule has 2 fully saturated rings. The Morgan fingerprint density at radius 1 is 1.17 bits per heavy atom. The Bertz CT molecular complexity index is 584. The van der Waals surface area contributed by atoms with Crippen molar-refractivity contribution < 1.29 is 14.3 Å². The first-order valence-corrected chi connectivity index (χ1v) is 8.57. The molecule has 1 aromatic heterocycles. The Balaban J connectivity index is 1.58. The van der Waals surface area contributed by atoms with Gasteiger partial charge in [0, 0.05) is 39.3 Å². The van der Waals surface area contributed by atoms with Crippen molar-refractivity contribution in [3.8, 4) is 0 Å². The predicted octanol–water partition coefficient (Wildman–Crippen LogP) is 0.750. The van der Waals surface area contributed by atoms with E-state index in [0.29, 0.717) is 37.9 Å². The van der Waals surface area contributed by atoms with Gasteiger partial charge in [0.1, 0.15) is 5.69 Å². The number of hydrogen-bond acceptors (Lipinski definition) is 5. The van der Waals surface area contributed by atoms with Crippen LogP contribution in [0.15, 0.2) is 12.4 Å². The van der Waals surface area contributed by atoms with Crippen LogP contribution in [0.2, 0.25) is 0 Å². The largest absolute Gasteiger partial charge is 0.378 e. The average Bonchev–Trinajstić information content (AvgIpc) is 2.63. The van der Waals surface area contributed by atoms with E-state index in [4.69, 9.17) is 4.74 Å². The van der Waals surface area contributed by atoms with E-state index >= 15 is 0 Å². The molecule has 2 aliphatic heterocycles. The zero-order valence-electron chi connectivity index (χ0n) is 14.1. The summed E-state index contributed by atoms with van der Waals surface area (Å²) in [5.41, 5.74) is 1.26. The fourth-order valence-corrected chi connectivity index (χ4v) is 3.31. The van der Waals surface area contributed by atoms with E-state index in [1.165, 1.54) is 0 Å². The van der Waals surface area contributed by atoms with Crippen LogP contribution >= 0.6 is 0 Å². The Kier molecular flexibility index (Phi) is 5.40. The van der Waals surface area contributed by atoms with Gasteiger partial charge in [0.2, 0.25) is 5.91 Å². The standard InChI is InChI=1S/C17H24N4O3/c1-13(22)21-4-2-3-14(12-21)9-15-10-19-16(11-18-15)17(23)20-5-7-24-8-6-20/h10-11,14H,2-9,12H2,1H3/t14-/m0/s1. The summed E-state index contributed by atoms with van der Waals surface area (Å²) < 4.78 is 5.26. The predicted molar refractivity (Wildman–Crippen MR) is 87.4 cm³/mol. The summed E-state index contributed by atoms with van der Waals surface area (Å²) in [4.78, 5) is 36.2. The van der Waals surface area contributed by atoms with Crippen molar-refractivity contribution >= 4 is 11.8 Å². The van der Waals surface area contributed by atoms with Crippen LogP contribution in [0, 0.1) is 5.92 Å². The molecule has 0 spiro atoms.